The smallest absolute Gasteiger partial charge is 0.329 e. The Morgan fingerprint density at radius 3 is 1.16 bits per heavy atom. The van der Waals surface area contributed by atoms with Crippen LogP contribution in [0.4, 0.5) is 0 Å². The van der Waals surface area contributed by atoms with Gasteiger partial charge < -0.3 is 15.2 Å². The highest BCUT2D eigenvalue weighted by atomic mass is 16.6. The molecule has 49 heavy (non-hydrogen) atoms. The highest BCUT2D eigenvalue weighted by molar-refractivity contribution is 5.85. The highest BCUT2D eigenvalue weighted by Crippen LogP contribution is 2.34. The summed E-state index contributed by atoms with van der Waals surface area (Å²) in [5.74, 6) is -1.55. The van der Waals surface area contributed by atoms with Crippen LogP contribution in [0.3, 0.4) is 0 Å². The number of amides is 1. The Morgan fingerprint density at radius 1 is 0.490 bits per heavy atom. The summed E-state index contributed by atoms with van der Waals surface area (Å²) in [6.07, 6.45) is 36.1. The highest BCUT2D eigenvalue weighted by Gasteiger charge is 2.36. The van der Waals surface area contributed by atoms with Crippen LogP contribution in [0.15, 0.2) is 0 Å². The van der Waals surface area contributed by atoms with Gasteiger partial charge in [0, 0.05) is 12.8 Å². The first-order valence-electron chi connectivity index (χ1n) is 21.6. The van der Waals surface area contributed by atoms with Crippen molar-refractivity contribution in [2.45, 2.75) is 258 Å². The van der Waals surface area contributed by atoms with Crippen molar-refractivity contribution in [1.29, 1.82) is 0 Å². The fourth-order valence-electron chi connectivity index (χ4n) is 7.05. The summed E-state index contributed by atoms with van der Waals surface area (Å²) in [6.45, 7) is 8.96. The summed E-state index contributed by atoms with van der Waals surface area (Å²) in [7, 11) is 0. The molecular weight excluding hydrogens is 610 g/mol. The van der Waals surface area contributed by atoms with Gasteiger partial charge in [-0.1, -0.05) is 182 Å². The van der Waals surface area contributed by atoms with E-state index >= 15 is 0 Å². The van der Waals surface area contributed by atoms with E-state index < -0.39 is 23.6 Å². The number of rotatable bonds is 38. The largest absolute Gasteiger partial charge is 0.481 e. The molecule has 1 atom stereocenters. The normalized spacial score (nSPS) is 12.2. The molecule has 2 N–H and O–H groups in total. The van der Waals surface area contributed by atoms with E-state index in [1.165, 1.54) is 122 Å². The zero-order chi connectivity index (χ0) is 36.3. The van der Waals surface area contributed by atoms with E-state index in [4.69, 9.17) is 4.74 Å². The molecule has 6 nitrogen and oxygen atoms in total. The molecule has 0 aromatic heterocycles. The van der Waals surface area contributed by atoms with Crippen LogP contribution in [-0.4, -0.2) is 34.6 Å². The van der Waals surface area contributed by atoms with Crippen molar-refractivity contribution < 1.29 is 24.2 Å². The molecule has 0 aliphatic carbocycles. The van der Waals surface area contributed by atoms with Gasteiger partial charge in [0.15, 0.2) is 0 Å². The van der Waals surface area contributed by atoms with Crippen molar-refractivity contribution >= 4 is 17.8 Å². The molecule has 0 radical (unpaired) electrons. The number of aliphatic carboxylic acids is 1. The third-order valence-corrected chi connectivity index (χ3v) is 10.3. The minimum Gasteiger partial charge on any atom is -0.481 e. The second-order valence-corrected chi connectivity index (χ2v) is 15.1. The quantitative estimate of drug-likeness (QED) is 0.0496. The Morgan fingerprint density at radius 2 is 0.816 bits per heavy atom. The Labute approximate surface area is 304 Å². The van der Waals surface area contributed by atoms with Crippen molar-refractivity contribution in [2.75, 3.05) is 0 Å². The summed E-state index contributed by atoms with van der Waals surface area (Å²) < 4.78 is 6.59. The maximum absolute atomic E-state index is 14.0. The number of nitrogens with one attached hydrogen (secondary N) is 1. The molecule has 0 aliphatic rings. The van der Waals surface area contributed by atoms with Crippen LogP contribution < -0.4 is 5.32 Å². The Hall–Kier alpha value is -1.59. The number of hydrogen-bond acceptors (Lipinski definition) is 4. The van der Waals surface area contributed by atoms with Gasteiger partial charge in [0.1, 0.15) is 11.6 Å². The molecule has 0 heterocycles. The molecule has 0 aliphatic heterocycles. The zero-order valence-electron chi connectivity index (χ0n) is 33.2. The second kappa shape index (κ2) is 34.8. The van der Waals surface area contributed by atoms with Gasteiger partial charge in [-0.3, -0.25) is 9.59 Å². The van der Waals surface area contributed by atoms with Crippen molar-refractivity contribution in [3.63, 3.8) is 0 Å². The van der Waals surface area contributed by atoms with Crippen molar-refractivity contribution in [3.8, 4) is 0 Å². The first kappa shape index (κ1) is 47.4. The van der Waals surface area contributed by atoms with Crippen molar-refractivity contribution in [1.82, 2.24) is 5.32 Å². The number of carboxylic acid groups (broad SMARTS) is 1. The second-order valence-electron chi connectivity index (χ2n) is 15.1. The number of carbonyl (C=O) groups is 3. The molecule has 290 valence electrons. The fraction of sp³-hybridized carbons (Fsp3) is 0.930. The average molecular weight is 694 g/mol. The van der Waals surface area contributed by atoms with Crippen LogP contribution in [-0.2, 0) is 19.1 Å². The van der Waals surface area contributed by atoms with Gasteiger partial charge in [0.05, 0.1) is 0 Å². The molecule has 0 saturated heterocycles. The van der Waals surface area contributed by atoms with Crippen molar-refractivity contribution in [2.24, 2.45) is 0 Å². The Balaban J connectivity index is 5.56. The van der Waals surface area contributed by atoms with E-state index in [9.17, 15) is 19.5 Å². The van der Waals surface area contributed by atoms with E-state index in [2.05, 4.69) is 33.0 Å². The number of hydrogen-bond donors (Lipinski definition) is 2. The maximum Gasteiger partial charge on any atom is 0.329 e. The SMILES string of the molecule is CCCCCCCCCCCC(=O)N[C@@H](CCC(=O)O)C(=O)OC(CCCCCCCC)(CCCCCCCC)CCCCCCCCC. The van der Waals surface area contributed by atoms with E-state index in [0.29, 0.717) is 6.42 Å². The molecule has 0 saturated carbocycles. The van der Waals surface area contributed by atoms with Crippen LogP contribution in [0.5, 0.6) is 0 Å². The minimum atomic E-state index is -0.959. The Kier molecular flexibility index (Phi) is 33.7. The van der Waals surface area contributed by atoms with Crippen LogP contribution in [0.2, 0.25) is 0 Å². The topological polar surface area (TPSA) is 92.7 Å². The first-order chi connectivity index (χ1) is 23.8. The molecular formula is C43H83NO5. The fourth-order valence-corrected chi connectivity index (χ4v) is 7.05. The molecule has 1 amide bonds. The standard InChI is InChI=1S/C43H83NO5/c1-5-9-13-17-21-22-23-25-29-33-40(45)44-39(34-35-41(46)47)42(48)49-43(36-30-26-19-15-11-7-3,37-31-27-20-16-12-8-4)38-32-28-24-18-14-10-6-2/h39H,5-38H2,1-4H3,(H,44,45)(H,46,47)/t39-/m0/s1. The Bertz CT molecular complexity index is 753. The van der Waals surface area contributed by atoms with Gasteiger partial charge in [0.25, 0.3) is 0 Å². The van der Waals surface area contributed by atoms with Gasteiger partial charge in [-0.05, 0) is 51.4 Å². The van der Waals surface area contributed by atoms with Gasteiger partial charge in [-0.15, -0.1) is 0 Å². The summed E-state index contributed by atoms with van der Waals surface area (Å²) >= 11 is 0. The van der Waals surface area contributed by atoms with E-state index in [1.807, 2.05) is 0 Å². The predicted octanol–water partition coefficient (Wildman–Crippen LogP) is 13.2. The molecule has 6 heteroatoms. The van der Waals surface area contributed by atoms with Crippen LogP contribution in [0.1, 0.15) is 246 Å². The number of esters is 1. The third-order valence-electron chi connectivity index (χ3n) is 10.3. The number of ether oxygens (including phenoxy) is 1. The zero-order valence-corrected chi connectivity index (χ0v) is 33.2. The molecule has 0 unspecified atom stereocenters. The lowest BCUT2D eigenvalue weighted by atomic mass is 9.84. The van der Waals surface area contributed by atoms with Crippen LogP contribution in [0.25, 0.3) is 0 Å². The number of carbonyl (C=O) groups excluding carboxylic acids is 2. The third kappa shape index (κ3) is 29.8. The summed E-state index contributed by atoms with van der Waals surface area (Å²) in [5.41, 5.74) is -0.542. The molecule has 0 spiro atoms. The van der Waals surface area contributed by atoms with Gasteiger partial charge in [0.2, 0.25) is 5.91 Å². The van der Waals surface area contributed by atoms with E-state index in [0.717, 1.165) is 77.0 Å². The maximum atomic E-state index is 14.0. The van der Waals surface area contributed by atoms with Gasteiger partial charge >= 0.3 is 11.9 Å². The van der Waals surface area contributed by atoms with Crippen LogP contribution in [0, 0.1) is 0 Å². The molecule has 0 aromatic rings. The van der Waals surface area contributed by atoms with Crippen molar-refractivity contribution in [3.05, 3.63) is 0 Å². The molecule has 0 fully saturated rings. The molecule has 0 aromatic carbocycles. The lowest BCUT2D eigenvalue weighted by Crippen LogP contribution is -2.46. The predicted molar refractivity (Wildman–Crippen MR) is 208 cm³/mol. The lowest BCUT2D eigenvalue weighted by Gasteiger charge is -2.36. The molecule has 0 rings (SSSR count). The van der Waals surface area contributed by atoms with Gasteiger partial charge in [-0.2, -0.15) is 0 Å². The van der Waals surface area contributed by atoms with Gasteiger partial charge in [-0.25, -0.2) is 4.79 Å². The number of unbranched alkanes of at least 4 members (excludes halogenated alkanes) is 24. The first-order valence-corrected chi connectivity index (χ1v) is 21.6. The monoisotopic (exact) mass is 694 g/mol. The summed E-state index contributed by atoms with van der Waals surface area (Å²) in [4.78, 5) is 38.5. The lowest BCUT2D eigenvalue weighted by molar-refractivity contribution is -0.167. The average Bonchev–Trinajstić information content (AvgIpc) is 3.08. The van der Waals surface area contributed by atoms with E-state index in [1.54, 1.807) is 0 Å². The summed E-state index contributed by atoms with van der Waals surface area (Å²) in [5, 5.41) is 12.4. The van der Waals surface area contributed by atoms with E-state index in [-0.39, 0.29) is 18.7 Å². The minimum absolute atomic E-state index is 0.0687. The van der Waals surface area contributed by atoms with Crippen LogP contribution >= 0.6 is 0 Å². The summed E-state index contributed by atoms with van der Waals surface area (Å²) in [6, 6.07) is -0.912. The number of carboxylic acids is 1. The molecule has 0 bridgehead atoms.